The van der Waals surface area contributed by atoms with Crippen LogP contribution in [0.25, 0.3) is 0 Å². The summed E-state index contributed by atoms with van der Waals surface area (Å²) < 4.78 is 0. The molecule has 1 aliphatic carbocycles. The Morgan fingerprint density at radius 2 is 2.19 bits per heavy atom. The lowest BCUT2D eigenvalue weighted by molar-refractivity contribution is 0.0902. The maximum atomic E-state index is 9.81. The summed E-state index contributed by atoms with van der Waals surface area (Å²) in [4.78, 5) is 4.26. The minimum Gasteiger partial charge on any atom is -0.392 e. The molecule has 2 N–H and O–H groups in total. The van der Waals surface area contributed by atoms with Gasteiger partial charge in [0.05, 0.1) is 6.10 Å². The summed E-state index contributed by atoms with van der Waals surface area (Å²) in [5, 5.41) is 13.2. The van der Waals surface area contributed by atoms with Crippen molar-refractivity contribution in [1.82, 2.24) is 10.3 Å². The molecular weight excluding hydrogens is 200 g/mol. The second-order valence-corrected chi connectivity index (χ2v) is 4.65. The van der Waals surface area contributed by atoms with Crippen LogP contribution in [0.3, 0.4) is 0 Å². The summed E-state index contributed by atoms with van der Waals surface area (Å²) in [7, 11) is 0. The molecule has 0 saturated heterocycles. The molecule has 16 heavy (non-hydrogen) atoms. The van der Waals surface area contributed by atoms with Gasteiger partial charge in [-0.3, -0.25) is 4.98 Å². The van der Waals surface area contributed by atoms with Crippen molar-refractivity contribution in [3.63, 3.8) is 0 Å². The topological polar surface area (TPSA) is 45.1 Å². The van der Waals surface area contributed by atoms with E-state index in [1.807, 2.05) is 19.2 Å². The molecule has 1 heterocycles. The average molecular weight is 220 g/mol. The monoisotopic (exact) mass is 220 g/mol. The van der Waals surface area contributed by atoms with Crippen LogP contribution in [-0.4, -0.2) is 22.2 Å². The zero-order chi connectivity index (χ0) is 11.4. The highest BCUT2D eigenvalue weighted by Gasteiger charge is 2.21. The zero-order valence-corrected chi connectivity index (χ0v) is 9.82. The minimum absolute atomic E-state index is 0.174. The Labute approximate surface area is 96.9 Å². The fourth-order valence-electron chi connectivity index (χ4n) is 2.20. The van der Waals surface area contributed by atoms with Crippen LogP contribution in [0.15, 0.2) is 18.3 Å². The highest BCUT2D eigenvalue weighted by atomic mass is 16.3. The minimum atomic E-state index is -0.174. The summed E-state index contributed by atoms with van der Waals surface area (Å²) >= 11 is 0. The van der Waals surface area contributed by atoms with E-state index >= 15 is 0 Å². The molecule has 0 amide bonds. The van der Waals surface area contributed by atoms with Gasteiger partial charge in [0.15, 0.2) is 0 Å². The molecule has 1 aliphatic rings. The molecule has 0 aromatic carbocycles. The van der Waals surface area contributed by atoms with Crippen molar-refractivity contribution < 1.29 is 5.11 Å². The quantitative estimate of drug-likeness (QED) is 0.816. The number of aliphatic hydroxyl groups is 1. The molecule has 0 unspecified atom stereocenters. The van der Waals surface area contributed by atoms with Gasteiger partial charge in [-0.15, -0.1) is 0 Å². The van der Waals surface area contributed by atoms with Crippen LogP contribution in [0.2, 0.25) is 0 Å². The van der Waals surface area contributed by atoms with Gasteiger partial charge in [-0.25, -0.2) is 0 Å². The zero-order valence-electron chi connectivity index (χ0n) is 9.82. The molecule has 1 aromatic rings. The standard InChI is InChI=1S/C13H20N2O/c1-10-6-7-11(8-14-10)9-15-12-4-2-3-5-13(12)16/h6-8,12-13,15-16H,2-5,9H2,1H3/t12-,13-/m0/s1. The Hall–Kier alpha value is -0.930. The number of hydrogen-bond acceptors (Lipinski definition) is 3. The molecule has 0 bridgehead atoms. The van der Waals surface area contributed by atoms with E-state index in [2.05, 4.69) is 16.4 Å². The fraction of sp³-hybridized carbons (Fsp3) is 0.615. The molecule has 2 rings (SSSR count). The van der Waals surface area contributed by atoms with Crippen molar-refractivity contribution in [2.24, 2.45) is 0 Å². The van der Waals surface area contributed by atoms with Crippen LogP contribution in [0, 0.1) is 6.92 Å². The summed E-state index contributed by atoms with van der Waals surface area (Å²) in [6.07, 6.45) is 6.13. The van der Waals surface area contributed by atoms with Gasteiger partial charge in [-0.1, -0.05) is 18.9 Å². The van der Waals surface area contributed by atoms with E-state index < -0.39 is 0 Å². The summed E-state index contributed by atoms with van der Waals surface area (Å²) in [5.41, 5.74) is 2.23. The molecule has 1 fully saturated rings. The predicted molar refractivity (Wildman–Crippen MR) is 64.1 cm³/mol. The highest BCUT2D eigenvalue weighted by molar-refractivity contribution is 5.13. The van der Waals surface area contributed by atoms with Crippen molar-refractivity contribution in [2.45, 2.75) is 51.3 Å². The van der Waals surface area contributed by atoms with E-state index in [1.54, 1.807) is 0 Å². The van der Waals surface area contributed by atoms with Gasteiger partial charge >= 0.3 is 0 Å². The first-order chi connectivity index (χ1) is 7.75. The number of hydrogen-bond donors (Lipinski definition) is 2. The molecule has 2 atom stereocenters. The first-order valence-electron chi connectivity index (χ1n) is 6.08. The third kappa shape index (κ3) is 3.03. The van der Waals surface area contributed by atoms with E-state index in [0.717, 1.165) is 31.5 Å². The van der Waals surface area contributed by atoms with Gasteiger partial charge in [-0.2, -0.15) is 0 Å². The smallest absolute Gasteiger partial charge is 0.0693 e. The molecule has 0 radical (unpaired) electrons. The first kappa shape index (κ1) is 11.6. The molecule has 88 valence electrons. The number of rotatable bonds is 3. The number of aromatic nitrogens is 1. The third-order valence-corrected chi connectivity index (χ3v) is 3.27. The maximum absolute atomic E-state index is 9.81. The molecule has 0 spiro atoms. The van der Waals surface area contributed by atoms with Crippen molar-refractivity contribution >= 4 is 0 Å². The first-order valence-corrected chi connectivity index (χ1v) is 6.08. The number of aryl methyl sites for hydroxylation is 1. The number of pyridine rings is 1. The second kappa shape index (κ2) is 5.41. The van der Waals surface area contributed by atoms with Crippen LogP contribution in [0.4, 0.5) is 0 Å². The lowest BCUT2D eigenvalue weighted by Gasteiger charge is -2.28. The summed E-state index contributed by atoms with van der Waals surface area (Å²) in [5.74, 6) is 0. The van der Waals surface area contributed by atoms with Gasteiger partial charge in [0, 0.05) is 24.5 Å². The lowest BCUT2D eigenvalue weighted by atomic mass is 9.92. The molecule has 1 aromatic heterocycles. The molecule has 1 saturated carbocycles. The van der Waals surface area contributed by atoms with Crippen LogP contribution < -0.4 is 5.32 Å². The predicted octanol–water partition coefficient (Wildman–Crippen LogP) is 1.78. The third-order valence-electron chi connectivity index (χ3n) is 3.27. The summed E-state index contributed by atoms with van der Waals surface area (Å²) in [6.45, 7) is 2.79. The fourth-order valence-corrected chi connectivity index (χ4v) is 2.20. The normalized spacial score (nSPS) is 25.6. The maximum Gasteiger partial charge on any atom is 0.0693 e. The molecule has 3 heteroatoms. The largest absolute Gasteiger partial charge is 0.392 e. The number of nitrogens with one attached hydrogen (secondary N) is 1. The Bertz CT molecular complexity index is 323. The van der Waals surface area contributed by atoms with Crippen molar-refractivity contribution in [3.05, 3.63) is 29.6 Å². The van der Waals surface area contributed by atoms with Crippen LogP contribution in [0.5, 0.6) is 0 Å². The Morgan fingerprint density at radius 3 is 2.88 bits per heavy atom. The van der Waals surface area contributed by atoms with E-state index in [-0.39, 0.29) is 12.1 Å². The second-order valence-electron chi connectivity index (χ2n) is 4.65. The molecule has 3 nitrogen and oxygen atoms in total. The van der Waals surface area contributed by atoms with E-state index in [1.165, 1.54) is 12.0 Å². The van der Waals surface area contributed by atoms with Gasteiger partial charge < -0.3 is 10.4 Å². The van der Waals surface area contributed by atoms with E-state index in [4.69, 9.17) is 0 Å². The Kier molecular flexibility index (Phi) is 3.91. The van der Waals surface area contributed by atoms with Crippen LogP contribution in [-0.2, 0) is 6.54 Å². The van der Waals surface area contributed by atoms with Crippen molar-refractivity contribution in [1.29, 1.82) is 0 Å². The van der Waals surface area contributed by atoms with E-state index in [9.17, 15) is 5.11 Å². The number of aliphatic hydroxyl groups excluding tert-OH is 1. The number of nitrogens with zero attached hydrogens (tertiary/aromatic N) is 1. The average Bonchev–Trinajstić information content (AvgIpc) is 2.30. The van der Waals surface area contributed by atoms with Crippen LogP contribution >= 0.6 is 0 Å². The van der Waals surface area contributed by atoms with Gasteiger partial charge in [-0.05, 0) is 31.4 Å². The SMILES string of the molecule is Cc1ccc(CN[C@H]2CCCC[C@@H]2O)cn1. The lowest BCUT2D eigenvalue weighted by Crippen LogP contribution is -2.41. The summed E-state index contributed by atoms with van der Waals surface area (Å²) in [6, 6.07) is 4.37. The van der Waals surface area contributed by atoms with Crippen molar-refractivity contribution in [2.75, 3.05) is 0 Å². The van der Waals surface area contributed by atoms with Gasteiger partial charge in [0.1, 0.15) is 0 Å². The van der Waals surface area contributed by atoms with Gasteiger partial charge in [0.25, 0.3) is 0 Å². The molecule has 0 aliphatic heterocycles. The Morgan fingerprint density at radius 1 is 1.38 bits per heavy atom. The Balaban J connectivity index is 1.84. The van der Waals surface area contributed by atoms with Crippen molar-refractivity contribution in [3.8, 4) is 0 Å². The van der Waals surface area contributed by atoms with Gasteiger partial charge in [0.2, 0.25) is 0 Å². The van der Waals surface area contributed by atoms with Crippen LogP contribution in [0.1, 0.15) is 36.9 Å². The highest BCUT2D eigenvalue weighted by Crippen LogP contribution is 2.18. The van der Waals surface area contributed by atoms with E-state index in [0.29, 0.717) is 0 Å². The molecular formula is C13H20N2O.